The Morgan fingerprint density at radius 1 is 0.935 bits per heavy atom. The monoisotopic (exact) mass is 628 g/mol. The number of aliphatic hydroxyl groups excluding tert-OH is 1. The molecule has 1 aliphatic heterocycles. The zero-order valence-corrected chi connectivity index (χ0v) is 28.0. The molecule has 8 nitrogen and oxygen atoms in total. The van der Waals surface area contributed by atoms with Crippen LogP contribution in [0.2, 0.25) is 0 Å². The first-order chi connectivity index (χ1) is 22.2. The summed E-state index contributed by atoms with van der Waals surface area (Å²) in [6.07, 6.45) is 1.58. The van der Waals surface area contributed by atoms with Crippen LogP contribution in [0.5, 0.6) is 17.2 Å². The first kappa shape index (κ1) is 34.6. The van der Waals surface area contributed by atoms with E-state index in [-0.39, 0.29) is 11.3 Å². The summed E-state index contributed by atoms with van der Waals surface area (Å²) in [5, 5.41) is 11.6. The molecule has 1 fully saturated rings. The van der Waals surface area contributed by atoms with E-state index in [0.717, 1.165) is 31.6 Å². The fraction of sp³-hybridized carbons (Fsp3) is 0.421. The second-order valence-corrected chi connectivity index (χ2v) is 12.1. The van der Waals surface area contributed by atoms with Gasteiger partial charge in [0.25, 0.3) is 11.7 Å². The first-order valence-corrected chi connectivity index (χ1v) is 16.3. The van der Waals surface area contributed by atoms with Gasteiger partial charge in [-0.3, -0.25) is 9.59 Å². The molecule has 0 bridgehead atoms. The predicted octanol–water partition coefficient (Wildman–Crippen LogP) is 7.16. The number of aliphatic hydroxyl groups is 1. The van der Waals surface area contributed by atoms with E-state index in [1.54, 1.807) is 42.3 Å². The normalized spacial score (nSPS) is 16.0. The summed E-state index contributed by atoms with van der Waals surface area (Å²) in [5.41, 5.74) is 3.37. The molecule has 1 aliphatic rings. The minimum Gasteiger partial charge on any atom is -0.507 e. The lowest BCUT2D eigenvalue weighted by Gasteiger charge is -2.27. The van der Waals surface area contributed by atoms with Crippen molar-refractivity contribution in [2.45, 2.75) is 60.1 Å². The number of aryl methyl sites for hydroxylation is 1. The minimum atomic E-state index is -0.784. The van der Waals surface area contributed by atoms with E-state index >= 15 is 0 Å². The van der Waals surface area contributed by atoms with Crippen LogP contribution < -0.4 is 14.2 Å². The highest BCUT2D eigenvalue weighted by Crippen LogP contribution is 2.42. The molecule has 1 heterocycles. The maximum atomic E-state index is 13.6. The van der Waals surface area contributed by atoms with Crippen LogP contribution in [0.4, 0.5) is 0 Å². The third-order valence-corrected chi connectivity index (χ3v) is 8.42. The number of carbonyl (C=O) groups is 2. The second kappa shape index (κ2) is 16.3. The largest absolute Gasteiger partial charge is 0.507 e. The van der Waals surface area contributed by atoms with Crippen LogP contribution in [0.15, 0.2) is 72.3 Å². The Bertz CT molecular complexity index is 1490. The van der Waals surface area contributed by atoms with Crippen LogP contribution in [0.3, 0.4) is 0 Å². The van der Waals surface area contributed by atoms with Crippen molar-refractivity contribution in [1.29, 1.82) is 0 Å². The standard InChI is InChI=1S/C38H48N2O6/c1-7-39(8-2)21-9-22-40-35(30-16-19-32(33(24-30)44-6)45-23-20-26(3)4)34(37(42)38(40)43)36(41)29-14-17-31(18-15-29)46-25-28-12-10-27(5)11-13-28/h10-19,24,26,35,41H,7-9,20-23,25H2,1-6H3/t35-/m0/s1. The van der Waals surface area contributed by atoms with E-state index in [2.05, 4.69) is 32.6 Å². The number of hydrogen-bond acceptors (Lipinski definition) is 7. The summed E-state index contributed by atoms with van der Waals surface area (Å²) in [5.74, 6) is 0.660. The van der Waals surface area contributed by atoms with Crippen LogP contribution in [-0.4, -0.2) is 66.5 Å². The molecule has 0 unspecified atom stereocenters. The molecule has 1 atom stereocenters. The van der Waals surface area contributed by atoms with Gasteiger partial charge in [0.1, 0.15) is 18.1 Å². The molecule has 0 radical (unpaired) electrons. The van der Waals surface area contributed by atoms with Crippen molar-refractivity contribution in [1.82, 2.24) is 9.80 Å². The number of amides is 1. The molecule has 1 N–H and O–H groups in total. The maximum Gasteiger partial charge on any atom is 0.295 e. The number of hydrogen-bond donors (Lipinski definition) is 1. The van der Waals surface area contributed by atoms with Crippen molar-refractivity contribution in [3.63, 3.8) is 0 Å². The maximum absolute atomic E-state index is 13.6. The van der Waals surface area contributed by atoms with Gasteiger partial charge in [0, 0.05) is 12.1 Å². The fourth-order valence-electron chi connectivity index (χ4n) is 5.56. The number of rotatable bonds is 16. The zero-order chi connectivity index (χ0) is 33.2. The van der Waals surface area contributed by atoms with Gasteiger partial charge in [0.05, 0.1) is 25.3 Å². The van der Waals surface area contributed by atoms with E-state index in [1.165, 1.54) is 5.56 Å². The van der Waals surface area contributed by atoms with Crippen molar-refractivity contribution in [3.8, 4) is 17.2 Å². The summed E-state index contributed by atoms with van der Waals surface area (Å²) in [7, 11) is 1.57. The number of nitrogens with zero attached hydrogens (tertiary/aromatic N) is 2. The van der Waals surface area contributed by atoms with Gasteiger partial charge >= 0.3 is 0 Å². The lowest BCUT2D eigenvalue weighted by Crippen LogP contribution is -2.33. The predicted molar refractivity (Wildman–Crippen MR) is 181 cm³/mol. The van der Waals surface area contributed by atoms with Gasteiger partial charge in [-0.25, -0.2) is 0 Å². The highest BCUT2D eigenvalue weighted by molar-refractivity contribution is 6.46. The molecule has 0 spiro atoms. The molecular weight excluding hydrogens is 580 g/mol. The number of benzene rings is 3. The molecule has 8 heteroatoms. The number of methoxy groups -OCH3 is 1. The van der Waals surface area contributed by atoms with Gasteiger partial charge in [-0.2, -0.15) is 0 Å². The second-order valence-electron chi connectivity index (χ2n) is 12.1. The highest BCUT2D eigenvalue weighted by atomic mass is 16.5. The van der Waals surface area contributed by atoms with Crippen LogP contribution in [0.25, 0.3) is 5.76 Å². The molecule has 4 rings (SSSR count). The zero-order valence-electron chi connectivity index (χ0n) is 28.0. The van der Waals surface area contributed by atoms with Gasteiger partial charge in [0.15, 0.2) is 11.5 Å². The average molecular weight is 629 g/mol. The van der Waals surface area contributed by atoms with Crippen LogP contribution in [0, 0.1) is 12.8 Å². The number of likely N-dealkylation sites (tertiary alicyclic amines) is 1. The summed E-state index contributed by atoms with van der Waals surface area (Å²) in [6.45, 7) is 14.4. The molecule has 0 aromatic heterocycles. The van der Waals surface area contributed by atoms with Gasteiger partial charge < -0.3 is 29.1 Å². The van der Waals surface area contributed by atoms with Crippen molar-refractivity contribution >= 4 is 17.4 Å². The Morgan fingerprint density at radius 2 is 1.63 bits per heavy atom. The average Bonchev–Trinajstić information content (AvgIpc) is 3.31. The summed E-state index contributed by atoms with van der Waals surface area (Å²) in [6, 6.07) is 19.7. The molecule has 246 valence electrons. The van der Waals surface area contributed by atoms with E-state index < -0.39 is 17.7 Å². The fourth-order valence-corrected chi connectivity index (χ4v) is 5.56. The number of ketones is 1. The summed E-state index contributed by atoms with van der Waals surface area (Å²) in [4.78, 5) is 31.0. The molecule has 0 aliphatic carbocycles. The number of carbonyl (C=O) groups excluding carboxylic acids is 2. The Morgan fingerprint density at radius 3 is 2.26 bits per heavy atom. The Labute approximate surface area is 273 Å². The quantitative estimate of drug-likeness (QED) is 0.102. The molecule has 46 heavy (non-hydrogen) atoms. The summed E-state index contributed by atoms with van der Waals surface area (Å²) >= 11 is 0. The van der Waals surface area contributed by atoms with Crippen molar-refractivity contribution in [3.05, 3.63) is 94.6 Å². The van der Waals surface area contributed by atoms with Crippen LogP contribution in [-0.2, 0) is 16.2 Å². The van der Waals surface area contributed by atoms with Crippen molar-refractivity contribution < 1.29 is 28.9 Å². The first-order valence-electron chi connectivity index (χ1n) is 16.3. The Hall–Kier alpha value is -4.30. The Balaban J connectivity index is 1.65. The Kier molecular flexibility index (Phi) is 12.3. The van der Waals surface area contributed by atoms with Crippen LogP contribution in [0.1, 0.15) is 68.8 Å². The van der Waals surface area contributed by atoms with E-state index in [4.69, 9.17) is 14.2 Å². The van der Waals surface area contributed by atoms with E-state index in [1.807, 2.05) is 43.3 Å². The molecule has 1 amide bonds. The van der Waals surface area contributed by atoms with E-state index in [0.29, 0.717) is 60.5 Å². The highest BCUT2D eigenvalue weighted by Gasteiger charge is 2.46. The molecule has 0 saturated carbocycles. The van der Waals surface area contributed by atoms with Gasteiger partial charge in [-0.05, 0) is 92.8 Å². The molecule has 1 saturated heterocycles. The van der Waals surface area contributed by atoms with E-state index in [9.17, 15) is 14.7 Å². The third kappa shape index (κ3) is 8.49. The van der Waals surface area contributed by atoms with Crippen molar-refractivity contribution in [2.24, 2.45) is 5.92 Å². The molecule has 3 aromatic rings. The van der Waals surface area contributed by atoms with Gasteiger partial charge in [-0.15, -0.1) is 0 Å². The number of Topliss-reactive ketones (excluding diaryl/α,β-unsaturated/α-hetero) is 1. The molecule has 3 aromatic carbocycles. The van der Waals surface area contributed by atoms with Crippen LogP contribution >= 0.6 is 0 Å². The third-order valence-electron chi connectivity index (χ3n) is 8.42. The lowest BCUT2D eigenvalue weighted by atomic mass is 9.95. The smallest absolute Gasteiger partial charge is 0.295 e. The molecular formula is C38H48N2O6. The minimum absolute atomic E-state index is 0.0525. The summed E-state index contributed by atoms with van der Waals surface area (Å²) < 4.78 is 17.6. The van der Waals surface area contributed by atoms with Crippen molar-refractivity contribution in [2.75, 3.05) is 39.9 Å². The topological polar surface area (TPSA) is 88.5 Å². The van der Waals surface area contributed by atoms with Gasteiger partial charge in [-0.1, -0.05) is 63.6 Å². The number of ether oxygens (including phenoxy) is 3. The lowest BCUT2D eigenvalue weighted by molar-refractivity contribution is -0.140. The SMILES string of the molecule is CCN(CC)CCCN1C(=O)C(=O)C(=C(O)c2ccc(OCc3ccc(C)cc3)cc2)[C@@H]1c1ccc(OCCC(C)C)c(OC)c1. The van der Waals surface area contributed by atoms with Gasteiger partial charge in [0.2, 0.25) is 0 Å².